The third-order valence-electron chi connectivity index (χ3n) is 3.98. The fourth-order valence-electron chi connectivity index (χ4n) is 2.68. The largest absolute Gasteiger partial charge is 0.493 e. The molecule has 2 rings (SSSR count). The summed E-state index contributed by atoms with van der Waals surface area (Å²) >= 11 is 0. The summed E-state index contributed by atoms with van der Waals surface area (Å²) in [5, 5.41) is 3.27. The van der Waals surface area contributed by atoms with Crippen LogP contribution in [0.1, 0.15) is 19.3 Å². The van der Waals surface area contributed by atoms with Gasteiger partial charge in [0.05, 0.1) is 33.1 Å². The van der Waals surface area contributed by atoms with Gasteiger partial charge < -0.3 is 24.4 Å². The van der Waals surface area contributed by atoms with Gasteiger partial charge in [-0.2, -0.15) is 0 Å². The fraction of sp³-hybridized carbons (Fsp3) is 0.562. The summed E-state index contributed by atoms with van der Waals surface area (Å²) in [6.07, 6.45) is 3.07. The van der Waals surface area contributed by atoms with Crippen molar-refractivity contribution < 1.29 is 19.0 Å². The van der Waals surface area contributed by atoms with Crippen LogP contribution in [0, 0.1) is 0 Å². The van der Waals surface area contributed by atoms with Crippen LogP contribution in [-0.2, 0) is 4.79 Å². The molecule has 6 nitrogen and oxygen atoms in total. The Kier molecular flexibility index (Phi) is 5.49. The Morgan fingerprint density at radius 3 is 2.23 bits per heavy atom. The van der Waals surface area contributed by atoms with Gasteiger partial charge in [-0.05, 0) is 19.4 Å². The summed E-state index contributed by atoms with van der Waals surface area (Å²) in [6, 6.07) is 3.43. The van der Waals surface area contributed by atoms with Gasteiger partial charge in [-0.1, -0.05) is 6.42 Å². The summed E-state index contributed by atoms with van der Waals surface area (Å²) in [6.45, 7) is 0.888. The molecule has 0 aliphatic carbocycles. The normalized spacial score (nSPS) is 17.7. The predicted octanol–water partition coefficient (Wildman–Crippen LogP) is 1.82. The van der Waals surface area contributed by atoms with Gasteiger partial charge in [0.1, 0.15) is 0 Å². The van der Waals surface area contributed by atoms with Gasteiger partial charge in [0.15, 0.2) is 11.5 Å². The lowest BCUT2D eigenvalue weighted by atomic mass is 10.0. The maximum absolute atomic E-state index is 12.6. The molecule has 1 fully saturated rings. The van der Waals surface area contributed by atoms with Crippen molar-refractivity contribution in [3.8, 4) is 17.2 Å². The topological polar surface area (TPSA) is 60.0 Å². The number of carbonyl (C=O) groups is 1. The number of likely N-dealkylation sites (N-methyl/N-ethyl adjacent to an activating group) is 1. The molecule has 1 amide bonds. The van der Waals surface area contributed by atoms with Crippen LogP contribution < -0.4 is 24.4 Å². The van der Waals surface area contributed by atoms with Gasteiger partial charge in [0.25, 0.3) is 0 Å². The summed E-state index contributed by atoms with van der Waals surface area (Å²) in [5.74, 6) is 1.64. The number of rotatable bonds is 5. The number of hydrogen-bond donors (Lipinski definition) is 1. The monoisotopic (exact) mass is 308 g/mol. The van der Waals surface area contributed by atoms with E-state index >= 15 is 0 Å². The van der Waals surface area contributed by atoms with Gasteiger partial charge in [0.2, 0.25) is 11.7 Å². The number of carbonyl (C=O) groups excluding carboxylic acids is 1. The van der Waals surface area contributed by atoms with Crippen LogP contribution in [-0.4, -0.2) is 46.9 Å². The van der Waals surface area contributed by atoms with Crippen molar-refractivity contribution >= 4 is 11.6 Å². The molecule has 1 aromatic carbocycles. The van der Waals surface area contributed by atoms with Crippen molar-refractivity contribution in [1.29, 1.82) is 0 Å². The standard InChI is InChI=1S/C16H24N2O4/c1-18(16(19)12-7-5-6-8-17-12)11-9-13(20-2)15(22-4)14(10-11)21-3/h9-10,12,17H,5-8H2,1-4H3. The summed E-state index contributed by atoms with van der Waals surface area (Å²) in [4.78, 5) is 14.2. The Morgan fingerprint density at radius 2 is 1.77 bits per heavy atom. The zero-order valence-electron chi connectivity index (χ0n) is 13.6. The number of anilines is 1. The first-order valence-corrected chi connectivity index (χ1v) is 7.43. The van der Waals surface area contributed by atoms with E-state index in [0.717, 1.165) is 25.8 Å². The summed E-state index contributed by atoms with van der Waals surface area (Å²) in [7, 11) is 6.44. The molecule has 6 heteroatoms. The first-order chi connectivity index (χ1) is 10.6. The van der Waals surface area contributed by atoms with Crippen molar-refractivity contribution in [1.82, 2.24) is 5.32 Å². The fourth-order valence-corrected chi connectivity index (χ4v) is 2.68. The summed E-state index contributed by atoms with van der Waals surface area (Å²) < 4.78 is 16.0. The number of benzene rings is 1. The SMILES string of the molecule is COc1cc(N(C)C(=O)C2CCCCN2)cc(OC)c1OC. The number of amides is 1. The van der Waals surface area contributed by atoms with Gasteiger partial charge >= 0.3 is 0 Å². The van der Waals surface area contributed by atoms with E-state index < -0.39 is 0 Å². The molecule has 0 bridgehead atoms. The molecular weight excluding hydrogens is 284 g/mol. The second kappa shape index (κ2) is 7.35. The Bertz CT molecular complexity index is 502. The first-order valence-electron chi connectivity index (χ1n) is 7.43. The third-order valence-corrected chi connectivity index (χ3v) is 3.98. The van der Waals surface area contributed by atoms with E-state index in [0.29, 0.717) is 22.9 Å². The highest BCUT2D eigenvalue weighted by Gasteiger charge is 2.26. The molecule has 1 aliphatic heterocycles. The number of nitrogens with zero attached hydrogens (tertiary/aromatic N) is 1. The zero-order valence-corrected chi connectivity index (χ0v) is 13.6. The lowest BCUT2D eigenvalue weighted by molar-refractivity contribution is -0.120. The smallest absolute Gasteiger partial charge is 0.243 e. The van der Waals surface area contributed by atoms with Crippen LogP contribution in [0.3, 0.4) is 0 Å². The highest BCUT2D eigenvalue weighted by molar-refractivity contribution is 5.97. The molecular formula is C16H24N2O4. The molecule has 22 heavy (non-hydrogen) atoms. The number of methoxy groups -OCH3 is 3. The quantitative estimate of drug-likeness (QED) is 0.899. The van der Waals surface area contributed by atoms with Crippen LogP contribution in [0.15, 0.2) is 12.1 Å². The van der Waals surface area contributed by atoms with Crippen molar-refractivity contribution in [2.45, 2.75) is 25.3 Å². The van der Waals surface area contributed by atoms with E-state index in [-0.39, 0.29) is 11.9 Å². The molecule has 1 heterocycles. The van der Waals surface area contributed by atoms with E-state index in [1.807, 2.05) is 0 Å². The minimum atomic E-state index is -0.127. The molecule has 1 N–H and O–H groups in total. The Morgan fingerprint density at radius 1 is 1.14 bits per heavy atom. The molecule has 1 atom stereocenters. The number of nitrogens with one attached hydrogen (secondary N) is 1. The first kappa shape index (κ1) is 16.4. The van der Waals surface area contributed by atoms with Gasteiger partial charge in [-0.15, -0.1) is 0 Å². The molecule has 1 aromatic rings. The number of ether oxygens (including phenoxy) is 3. The maximum atomic E-state index is 12.6. The molecule has 1 unspecified atom stereocenters. The number of hydrogen-bond acceptors (Lipinski definition) is 5. The lowest BCUT2D eigenvalue weighted by Gasteiger charge is -2.28. The van der Waals surface area contributed by atoms with Crippen LogP contribution in [0.4, 0.5) is 5.69 Å². The van der Waals surface area contributed by atoms with E-state index in [1.165, 1.54) is 0 Å². The average molecular weight is 308 g/mol. The van der Waals surface area contributed by atoms with E-state index in [1.54, 1.807) is 45.4 Å². The second-order valence-electron chi connectivity index (χ2n) is 5.28. The van der Waals surface area contributed by atoms with Crippen LogP contribution in [0.5, 0.6) is 17.2 Å². The second-order valence-corrected chi connectivity index (χ2v) is 5.28. The van der Waals surface area contributed by atoms with Crippen molar-refractivity contribution in [2.24, 2.45) is 0 Å². The van der Waals surface area contributed by atoms with Gasteiger partial charge in [-0.3, -0.25) is 4.79 Å². The van der Waals surface area contributed by atoms with Crippen LogP contribution in [0.25, 0.3) is 0 Å². The third kappa shape index (κ3) is 3.27. The van der Waals surface area contributed by atoms with Gasteiger partial charge in [-0.25, -0.2) is 0 Å². The molecule has 0 aromatic heterocycles. The van der Waals surface area contributed by atoms with Crippen molar-refractivity contribution in [3.05, 3.63) is 12.1 Å². The van der Waals surface area contributed by atoms with E-state index in [2.05, 4.69) is 5.32 Å². The van der Waals surface area contributed by atoms with Crippen molar-refractivity contribution in [3.63, 3.8) is 0 Å². The minimum absolute atomic E-state index is 0.0500. The molecule has 1 saturated heterocycles. The Hall–Kier alpha value is -1.95. The zero-order chi connectivity index (χ0) is 16.1. The van der Waals surface area contributed by atoms with E-state index in [4.69, 9.17) is 14.2 Å². The average Bonchev–Trinajstić information content (AvgIpc) is 2.59. The molecule has 0 radical (unpaired) electrons. The Balaban J connectivity index is 2.28. The molecule has 1 aliphatic rings. The molecule has 0 spiro atoms. The number of piperidine rings is 1. The highest BCUT2D eigenvalue weighted by atomic mass is 16.5. The van der Waals surface area contributed by atoms with Crippen LogP contribution in [0.2, 0.25) is 0 Å². The highest BCUT2D eigenvalue weighted by Crippen LogP contribution is 2.40. The lowest BCUT2D eigenvalue weighted by Crippen LogP contribution is -2.47. The predicted molar refractivity (Wildman–Crippen MR) is 85.1 cm³/mol. The Labute approximate surface area is 131 Å². The van der Waals surface area contributed by atoms with E-state index in [9.17, 15) is 4.79 Å². The molecule has 0 saturated carbocycles. The minimum Gasteiger partial charge on any atom is -0.493 e. The maximum Gasteiger partial charge on any atom is 0.243 e. The molecule has 122 valence electrons. The van der Waals surface area contributed by atoms with Crippen LogP contribution >= 0.6 is 0 Å². The summed E-state index contributed by atoms with van der Waals surface area (Å²) in [5.41, 5.74) is 0.715. The van der Waals surface area contributed by atoms with Gasteiger partial charge in [0, 0.05) is 19.2 Å². The van der Waals surface area contributed by atoms with Crippen molar-refractivity contribution in [2.75, 3.05) is 39.8 Å².